The van der Waals surface area contributed by atoms with Crippen molar-refractivity contribution in [1.29, 1.82) is 0 Å². The van der Waals surface area contributed by atoms with Crippen LogP contribution in [0.25, 0.3) is 0 Å². The first kappa shape index (κ1) is 23.8. The lowest BCUT2D eigenvalue weighted by atomic mass is 10.2. The van der Waals surface area contributed by atoms with E-state index in [1.54, 1.807) is 45.2 Å². The molecule has 2 aliphatic rings. The van der Waals surface area contributed by atoms with Gasteiger partial charge in [0.1, 0.15) is 5.69 Å². The van der Waals surface area contributed by atoms with Crippen LogP contribution in [0.15, 0.2) is 23.6 Å². The molecule has 33 heavy (non-hydrogen) atoms. The van der Waals surface area contributed by atoms with E-state index in [1.165, 1.54) is 11.3 Å². The summed E-state index contributed by atoms with van der Waals surface area (Å²) in [6.07, 6.45) is 2.13. The summed E-state index contributed by atoms with van der Waals surface area (Å²) in [6, 6.07) is 5.24. The number of thiazole rings is 1. The largest absolute Gasteiger partial charge is 0.339 e. The Balaban J connectivity index is 1.35. The predicted molar refractivity (Wildman–Crippen MR) is 129 cm³/mol. The van der Waals surface area contributed by atoms with Gasteiger partial charge in [-0.25, -0.2) is 4.98 Å². The Morgan fingerprint density at radius 1 is 1.15 bits per heavy atom. The molecule has 1 saturated heterocycles. The number of aromatic nitrogens is 1. The molecule has 1 aliphatic heterocycles. The quantitative estimate of drug-likeness (QED) is 0.611. The molecular formula is C22H25Cl2N5O3S. The number of piperazine rings is 1. The van der Waals surface area contributed by atoms with Gasteiger partial charge in [-0.05, 0) is 31.0 Å². The molecule has 4 rings (SSSR count). The highest BCUT2D eigenvalue weighted by atomic mass is 35.5. The highest BCUT2D eigenvalue weighted by Crippen LogP contribution is 2.32. The van der Waals surface area contributed by atoms with Crippen LogP contribution in [0.3, 0.4) is 0 Å². The third-order valence-electron chi connectivity index (χ3n) is 5.79. The Bertz CT molecular complexity index is 1050. The van der Waals surface area contributed by atoms with Crippen LogP contribution < -0.4 is 5.32 Å². The molecule has 0 bridgehead atoms. The molecule has 2 heterocycles. The molecule has 176 valence electrons. The van der Waals surface area contributed by atoms with Gasteiger partial charge in [-0.3, -0.25) is 14.4 Å². The summed E-state index contributed by atoms with van der Waals surface area (Å²) < 4.78 is 0. The molecule has 1 saturated carbocycles. The molecule has 1 aliphatic carbocycles. The van der Waals surface area contributed by atoms with Gasteiger partial charge in [0.05, 0.1) is 10.7 Å². The van der Waals surface area contributed by atoms with Crippen molar-refractivity contribution in [2.45, 2.75) is 32.2 Å². The van der Waals surface area contributed by atoms with Gasteiger partial charge in [0.15, 0.2) is 5.13 Å². The van der Waals surface area contributed by atoms with Crippen molar-refractivity contribution in [1.82, 2.24) is 19.7 Å². The van der Waals surface area contributed by atoms with E-state index >= 15 is 0 Å². The van der Waals surface area contributed by atoms with E-state index in [9.17, 15) is 14.4 Å². The second-order valence-electron chi connectivity index (χ2n) is 8.15. The van der Waals surface area contributed by atoms with E-state index in [0.29, 0.717) is 59.3 Å². The average molecular weight is 510 g/mol. The highest BCUT2D eigenvalue weighted by molar-refractivity contribution is 7.14. The minimum atomic E-state index is -0.173. The third-order valence-corrected chi connectivity index (χ3v) is 7.11. The number of anilines is 2. The second-order valence-corrected chi connectivity index (χ2v) is 9.86. The molecule has 2 fully saturated rings. The van der Waals surface area contributed by atoms with Crippen LogP contribution >= 0.6 is 34.5 Å². The van der Waals surface area contributed by atoms with Crippen molar-refractivity contribution in [2.24, 2.45) is 0 Å². The molecule has 1 aromatic carbocycles. The summed E-state index contributed by atoms with van der Waals surface area (Å²) in [7, 11) is 0. The van der Waals surface area contributed by atoms with Crippen LogP contribution in [0.2, 0.25) is 10.0 Å². The summed E-state index contributed by atoms with van der Waals surface area (Å²) in [6.45, 7) is 4.07. The van der Waals surface area contributed by atoms with E-state index in [-0.39, 0.29) is 30.2 Å². The van der Waals surface area contributed by atoms with Gasteiger partial charge in [0.2, 0.25) is 11.8 Å². The second kappa shape index (κ2) is 10.3. The van der Waals surface area contributed by atoms with Crippen LogP contribution in [-0.2, 0) is 9.59 Å². The van der Waals surface area contributed by atoms with Crippen molar-refractivity contribution >= 4 is 63.1 Å². The molecular weight excluding hydrogens is 485 g/mol. The summed E-state index contributed by atoms with van der Waals surface area (Å²) in [5, 5.41) is 6.41. The molecule has 0 spiro atoms. The van der Waals surface area contributed by atoms with Crippen LogP contribution in [0.4, 0.5) is 10.8 Å². The number of hydrogen-bond donors (Lipinski definition) is 1. The molecule has 0 radical (unpaired) electrons. The van der Waals surface area contributed by atoms with Gasteiger partial charge in [-0.1, -0.05) is 23.2 Å². The fourth-order valence-electron chi connectivity index (χ4n) is 3.77. The zero-order chi connectivity index (χ0) is 23.5. The zero-order valence-corrected chi connectivity index (χ0v) is 20.5. The standard InChI is InChI=1S/C22H25Cl2N5O3S/c1-14(30)27-8-10-28(11-9-27)20(31)6-7-29(16-3-4-16)21(32)19-13-33-22(26-19)25-18-12-15(23)2-5-17(18)24/h2,5,12-13,16H,3-4,6-11H2,1H3,(H,25,26). The van der Waals surface area contributed by atoms with E-state index < -0.39 is 0 Å². The van der Waals surface area contributed by atoms with E-state index in [4.69, 9.17) is 23.2 Å². The normalized spacial score (nSPS) is 16.0. The Hall–Kier alpha value is -2.36. The van der Waals surface area contributed by atoms with Gasteiger partial charge in [-0.15, -0.1) is 11.3 Å². The van der Waals surface area contributed by atoms with Crippen molar-refractivity contribution in [2.75, 3.05) is 38.0 Å². The number of rotatable bonds is 7. The van der Waals surface area contributed by atoms with Gasteiger partial charge < -0.3 is 20.0 Å². The molecule has 3 amide bonds. The molecule has 1 aromatic heterocycles. The molecule has 0 unspecified atom stereocenters. The minimum absolute atomic E-state index is 0.00730. The number of carbonyl (C=O) groups is 3. The average Bonchev–Trinajstić information content (AvgIpc) is 3.53. The fraction of sp³-hybridized carbons (Fsp3) is 0.455. The lowest BCUT2D eigenvalue weighted by molar-refractivity contribution is -0.138. The SMILES string of the molecule is CC(=O)N1CCN(C(=O)CCN(C(=O)c2csc(Nc3cc(Cl)ccc3Cl)n2)C2CC2)CC1. The molecule has 1 N–H and O–H groups in total. The Labute approximate surface area is 206 Å². The highest BCUT2D eigenvalue weighted by Gasteiger charge is 2.34. The maximum absolute atomic E-state index is 13.1. The van der Waals surface area contributed by atoms with Crippen LogP contribution in [0, 0.1) is 0 Å². The Morgan fingerprint density at radius 3 is 2.52 bits per heavy atom. The number of benzene rings is 1. The Morgan fingerprint density at radius 2 is 1.85 bits per heavy atom. The number of nitrogens with one attached hydrogen (secondary N) is 1. The van der Waals surface area contributed by atoms with Gasteiger partial charge in [0.25, 0.3) is 5.91 Å². The fourth-order valence-corrected chi connectivity index (χ4v) is 4.80. The molecule has 2 aromatic rings. The Kier molecular flexibility index (Phi) is 7.41. The maximum Gasteiger partial charge on any atom is 0.273 e. The topological polar surface area (TPSA) is 85.9 Å². The van der Waals surface area contributed by atoms with E-state index in [1.807, 2.05) is 0 Å². The van der Waals surface area contributed by atoms with Gasteiger partial charge in [0, 0.05) is 62.5 Å². The monoisotopic (exact) mass is 509 g/mol. The van der Waals surface area contributed by atoms with Crippen molar-refractivity contribution < 1.29 is 14.4 Å². The van der Waals surface area contributed by atoms with Gasteiger partial charge >= 0.3 is 0 Å². The first-order valence-electron chi connectivity index (χ1n) is 10.8. The summed E-state index contributed by atoms with van der Waals surface area (Å²) >= 11 is 13.5. The number of hydrogen-bond acceptors (Lipinski definition) is 6. The first-order chi connectivity index (χ1) is 15.8. The zero-order valence-electron chi connectivity index (χ0n) is 18.2. The smallest absolute Gasteiger partial charge is 0.273 e. The molecule has 0 atom stereocenters. The summed E-state index contributed by atoms with van der Waals surface area (Å²) in [5.41, 5.74) is 0.960. The van der Waals surface area contributed by atoms with Crippen LogP contribution in [0.5, 0.6) is 0 Å². The number of amides is 3. The lowest BCUT2D eigenvalue weighted by Crippen LogP contribution is -2.50. The summed E-state index contributed by atoms with van der Waals surface area (Å²) in [5.74, 6) is -0.136. The first-order valence-corrected chi connectivity index (χ1v) is 12.5. The van der Waals surface area contributed by atoms with Crippen LogP contribution in [-0.4, -0.2) is 76.2 Å². The van der Waals surface area contributed by atoms with Crippen molar-refractivity contribution in [3.05, 3.63) is 39.3 Å². The molecule has 11 heteroatoms. The summed E-state index contributed by atoms with van der Waals surface area (Å²) in [4.78, 5) is 47.0. The van der Waals surface area contributed by atoms with Crippen molar-refractivity contribution in [3.63, 3.8) is 0 Å². The third kappa shape index (κ3) is 5.96. The maximum atomic E-state index is 13.1. The number of nitrogens with zero attached hydrogens (tertiary/aromatic N) is 4. The minimum Gasteiger partial charge on any atom is -0.339 e. The van der Waals surface area contributed by atoms with Crippen LogP contribution in [0.1, 0.15) is 36.7 Å². The van der Waals surface area contributed by atoms with Crippen molar-refractivity contribution in [3.8, 4) is 0 Å². The number of carbonyl (C=O) groups excluding carboxylic acids is 3. The molecule has 8 nitrogen and oxygen atoms in total. The predicted octanol–water partition coefficient (Wildman–Crippen LogP) is 3.88. The van der Waals surface area contributed by atoms with Gasteiger partial charge in [-0.2, -0.15) is 0 Å². The number of halogens is 2. The van der Waals surface area contributed by atoms with E-state index in [0.717, 1.165) is 12.8 Å². The lowest BCUT2D eigenvalue weighted by Gasteiger charge is -2.34. The van der Waals surface area contributed by atoms with E-state index in [2.05, 4.69) is 10.3 Å².